The van der Waals surface area contributed by atoms with E-state index in [0.717, 1.165) is 25.4 Å². The summed E-state index contributed by atoms with van der Waals surface area (Å²) in [6.07, 6.45) is 5.41. The van der Waals surface area contributed by atoms with Crippen LogP contribution in [0.4, 0.5) is 0 Å². The quantitative estimate of drug-likeness (QED) is 0.367. The highest BCUT2D eigenvalue weighted by Crippen LogP contribution is 2.27. The Morgan fingerprint density at radius 2 is 2.22 bits per heavy atom. The monoisotopic (exact) mass is 275 g/mol. The van der Waals surface area contributed by atoms with Crippen LogP contribution >= 0.6 is 11.6 Å². The zero-order chi connectivity index (χ0) is 13.4. The molecule has 1 saturated heterocycles. The van der Waals surface area contributed by atoms with Crippen molar-refractivity contribution in [2.45, 2.75) is 44.9 Å². The highest BCUT2D eigenvalue weighted by Gasteiger charge is 2.38. The smallest absolute Gasteiger partial charge is 0.116 e. The molecule has 0 bridgehead atoms. The Morgan fingerprint density at radius 3 is 2.89 bits per heavy atom. The third kappa shape index (κ3) is 5.27. The van der Waals surface area contributed by atoms with E-state index in [0.29, 0.717) is 13.2 Å². The van der Waals surface area contributed by atoms with Crippen molar-refractivity contribution in [2.75, 3.05) is 32.2 Å². The van der Waals surface area contributed by atoms with Crippen LogP contribution in [0.2, 0.25) is 0 Å². The molecule has 0 aromatic heterocycles. The average molecular weight is 276 g/mol. The zero-order valence-electron chi connectivity index (χ0n) is 11.7. The van der Waals surface area contributed by atoms with Crippen molar-refractivity contribution in [1.29, 1.82) is 0 Å². The molecule has 18 heavy (non-hydrogen) atoms. The van der Waals surface area contributed by atoms with E-state index in [9.17, 15) is 0 Å². The van der Waals surface area contributed by atoms with Crippen LogP contribution in [0.5, 0.6) is 0 Å². The summed E-state index contributed by atoms with van der Waals surface area (Å²) in [5.41, 5.74) is -0.177. The molecule has 1 rings (SSSR count). The minimum atomic E-state index is -0.177. The van der Waals surface area contributed by atoms with E-state index in [4.69, 9.17) is 21.1 Å². The molecule has 1 unspecified atom stereocenters. The van der Waals surface area contributed by atoms with Gasteiger partial charge in [0.2, 0.25) is 0 Å². The lowest BCUT2D eigenvalue weighted by atomic mass is 10.2. The molecular weight excluding hydrogens is 250 g/mol. The van der Waals surface area contributed by atoms with E-state index in [1.807, 2.05) is 0 Å². The molecule has 0 aromatic carbocycles. The van der Waals surface area contributed by atoms with Gasteiger partial charge in [-0.1, -0.05) is 12.5 Å². The first-order valence-corrected chi connectivity index (χ1v) is 7.31. The first kappa shape index (κ1) is 16.0. The van der Waals surface area contributed by atoms with Crippen LogP contribution in [0, 0.1) is 0 Å². The Hall–Kier alpha value is -0.0900. The van der Waals surface area contributed by atoms with Crippen molar-refractivity contribution in [3.05, 3.63) is 12.7 Å². The van der Waals surface area contributed by atoms with E-state index in [1.54, 1.807) is 6.08 Å². The zero-order valence-corrected chi connectivity index (χ0v) is 12.4. The van der Waals surface area contributed by atoms with Gasteiger partial charge in [0.05, 0.1) is 19.3 Å². The topological polar surface area (TPSA) is 21.7 Å². The highest BCUT2D eigenvalue weighted by molar-refractivity contribution is 6.17. The molecule has 0 saturated carbocycles. The summed E-state index contributed by atoms with van der Waals surface area (Å²) >= 11 is 5.68. The van der Waals surface area contributed by atoms with Crippen LogP contribution in [0.15, 0.2) is 12.7 Å². The van der Waals surface area contributed by atoms with Gasteiger partial charge in [-0.05, 0) is 26.7 Å². The highest BCUT2D eigenvalue weighted by atomic mass is 35.5. The second-order valence-corrected chi connectivity index (χ2v) is 5.59. The summed E-state index contributed by atoms with van der Waals surface area (Å²) in [6, 6.07) is 0. The van der Waals surface area contributed by atoms with Gasteiger partial charge in [0.25, 0.3) is 0 Å². The molecule has 3 nitrogen and oxygen atoms in total. The van der Waals surface area contributed by atoms with Gasteiger partial charge in [-0.3, -0.25) is 4.90 Å². The molecule has 106 valence electrons. The van der Waals surface area contributed by atoms with Crippen molar-refractivity contribution < 1.29 is 9.47 Å². The van der Waals surface area contributed by atoms with Gasteiger partial charge in [0, 0.05) is 19.0 Å². The van der Waals surface area contributed by atoms with Gasteiger partial charge in [0.15, 0.2) is 0 Å². The second kappa shape index (κ2) is 8.16. The number of unbranched alkanes of at least 4 members (excludes halogenated alkanes) is 2. The van der Waals surface area contributed by atoms with Gasteiger partial charge >= 0.3 is 0 Å². The predicted octanol–water partition coefficient (Wildman–Crippen LogP) is 3.04. The van der Waals surface area contributed by atoms with Gasteiger partial charge in [-0.15, -0.1) is 18.2 Å². The van der Waals surface area contributed by atoms with Crippen LogP contribution in [-0.2, 0) is 9.47 Å². The molecule has 1 aliphatic rings. The van der Waals surface area contributed by atoms with Gasteiger partial charge in [-0.25, -0.2) is 0 Å². The van der Waals surface area contributed by atoms with Crippen molar-refractivity contribution in [1.82, 2.24) is 4.90 Å². The summed E-state index contributed by atoms with van der Waals surface area (Å²) in [7, 11) is 0. The predicted molar refractivity (Wildman–Crippen MR) is 76.1 cm³/mol. The third-order valence-electron chi connectivity index (χ3n) is 3.24. The standard InChI is InChI=1S/C14H26ClNO2/c1-4-10-17-12-13-11-16(14(2,3)18-13)9-7-5-6-8-15/h4,13H,1,5-12H2,2-3H3. The molecule has 1 atom stereocenters. The van der Waals surface area contributed by atoms with Crippen LogP contribution in [0.25, 0.3) is 0 Å². The SMILES string of the molecule is C=CCOCC1CN(CCCCCCl)C(C)(C)O1. The van der Waals surface area contributed by atoms with Crippen LogP contribution in [0.1, 0.15) is 33.1 Å². The fourth-order valence-corrected chi connectivity index (χ4v) is 2.48. The van der Waals surface area contributed by atoms with Gasteiger partial charge < -0.3 is 9.47 Å². The lowest BCUT2D eigenvalue weighted by Gasteiger charge is -2.29. The Kier molecular flexibility index (Phi) is 7.23. The number of hydrogen-bond acceptors (Lipinski definition) is 3. The second-order valence-electron chi connectivity index (χ2n) is 5.21. The number of hydrogen-bond donors (Lipinski definition) is 0. The average Bonchev–Trinajstić information content (AvgIpc) is 2.60. The van der Waals surface area contributed by atoms with Gasteiger partial charge in [-0.2, -0.15) is 0 Å². The van der Waals surface area contributed by atoms with Crippen molar-refractivity contribution in [2.24, 2.45) is 0 Å². The lowest BCUT2D eigenvalue weighted by molar-refractivity contribution is -0.0908. The summed E-state index contributed by atoms with van der Waals surface area (Å²) in [5.74, 6) is 0.762. The minimum Gasteiger partial charge on any atom is -0.375 e. The Balaban J connectivity index is 2.27. The van der Waals surface area contributed by atoms with Gasteiger partial charge in [0.1, 0.15) is 5.72 Å². The number of rotatable bonds is 9. The molecule has 1 fully saturated rings. The maximum absolute atomic E-state index is 6.01. The Bertz CT molecular complexity index is 246. The van der Waals surface area contributed by atoms with Crippen LogP contribution in [-0.4, -0.2) is 48.9 Å². The van der Waals surface area contributed by atoms with E-state index in [-0.39, 0.29) is 11.8 Å². The summed E-state index contributed by atoms with van der Waals surface area (Å²) in [6.45, 7) is 11.2. The molecule has 0 amide bonds. The first-order valence-electron chi connectivity index (χ1n) is 6.77. The van der Waals surface area contributed by atoms with E-state index in [2.05, 4.69) is 25.3 Å². The largest absolute Gasteiger partial charge is 0.375 e. The summed E-state index contributed by atoms with van der Waals surface area (Å²) in [4.78, 5) is 2.39. The molecule has 4 heteroatoms. The molecule has 0 aliphatic carbocycles. The normalized spacial score (nSPS) is 23.4. The maximum Gasteiger partial charge on any atom is 0.116 e. The fourth-order valence-electron chi connectivity index (χ4n) is 2.29. The third-order valence-corrected chi connectivity index (χ3v) is 3.51. The van der Waals surface area contributed by atoms with E-state index >= 15 is 0 Å². The number of ether oxygens (including phenoxy) is 2. The van der Waals surface area contributed by atoms with E-state index in [1.165, 1.54) is 12.8 Å². The van der Waals surface area contributed by atoms with Crippen molar-refractivity contribution >= 4 is 11.6 Å². The van der Waals surface area contributed by atoms with Crippen molar-refractivity contribution in [3.8, 4) is 0 Å². The number of alkyl halides is 1. The molecule has 0 aromatic rings. The summed E-state index contributed by atoms with van der Waals surface area (Å²) in [5, 5.41) is 0. The first-order chi connectivity index (χ1) is 8.60. The lowest BCUT2D eigenvalue weighted by Crippen LogP contribution is -2.39. The van der Waals surface area contributed by atoms with Crippen LogP contribution in [0.3, 0.4) is 0 Å². The number of nitrogens with zero attached hydrogens (tertiary/aromatic N) is 1. The Labute approximate surface area is 116 Å². The number of halogens is 1. The molecule has 1 aliphatic heterocycles. The molecule has 1 heterocycles. The molecule has 0 spiro atoms. The van der Waals surface area contributed by atoms with Crippen molar-refractivity contribution in [3.63, 3.8) is 0 Å². The van der Waals surface area contributed by atoms with Crippen LogP contribution < -0.4 is 0 Å². The maximum atomic E-state index is 6.01. The summed E-state index contributed by atoms with van der Waals surface area (Å²) < 4.78 is 11.5. The fraction of sp³-hybridized carbons (Fsp3) is 0.857. The molecular formula is C14H26ClNO2. The molecule has 0 radical (unpaired) electrons. The Morgan fingerprint density at radius 1 is 1.44 bits per heavy atom. The molecule has 0 N–H and O–H groups in total. The minimum absolute atomic E-state index is 0.174. The van der Waals surface area contributed by atoms with E-state index < -0.39 is 0 Å².